The molecule has 2 bridgehead atoms. The first-order chi connectivity index (χ1) is 7.58. The largest absolute Gasteiger partial charge is 0.435 e. The number of fused-ring (bicyclic) bond motifs is 5. The van der Waals surface area contributed by atoms with E-state index < -0.39 is 36.0 Å². The maximum atomic E-state index is 11.5. The molecule has 1 saturated carbocycles. The van der Waals surface area contributed by atoms with E-state index in [2.05, 4.69) is 4.74 Å². The minimum Gasteiger partial charge on any atom is -0.435 e. The number of carbonyl (C=O) groups excluding carboxylic acids is 3. The van der Waals surface area contributed by atoms with Crippen molar-refractivity contribution in [2.24, 2.45) is 23.7 Å². The second kappa shape index (κ2) is 3.04. The van der Waals surface area contributed by atoms with E-state index in [9.17, 15) is 19.5 Å². The van der Waals surface area contributed by atoms with E-state index in [1.165, 1.54) is 0 Å². The molecule has 16 heavy (non-hydrogen) atoms. The zero-order chi connectivity index (χ0) is 11.4. The lowest BCUT2D eigenvalue weighted by atomic mass is 9.83. The zero-order valence-corrected chi connectivity index (χ0v) is 8.29. The lowest BCUT2D eigenvalue weighted by Gasteiger charge is -2.27. The van der Waals surface area contributed by atoms with Crippen LogP contribution >= 0.6 is 0 Å². The number of cyclic esters (lactones) is 3. The van der Waals surface area contributed by atoms with E-state index >= 15 is 0 Å². The smallest absolute Gasteiger partial charge is 0.317 e. The summed E-state index contributed by atoms with van der Waals surface area (Å²) in [6, 6.07) is 0. The fraction of sp³-hybridized carbons (Fsp3) is 0.700. The van der Waals surface area contributed by atoms with Crippen molar-refractivity contribution < 1.29 is 29.0 Å². The number of aliphatic hydroxyl groups is 1. The molecular formula is C10H10O6. The Labute approximate surface area is 90.5 Å². The highest BCUT2D eigenvalue weighted by Gasteiger charge is 2.60. The van der Waals surface area contributed by atoms with Gasteiger partial charge in [0.15, 0.2) is 0 Å². The molecule has 0 radical (unpaired) electrons. The summed E-state index contributed by atoms with van der Waals surface area (Å²) in [5.74, 6) is -3.61. The molecule has 3 aliphatic rings. The van der Waals surface area contributed by atoms with Crippen LogP contribution in [-0.2, 0) is 23.9 Å². The Morgan fingerprint density at radius 1 is 1.12 bits per heavy atom. The van der Waals surface area contributed by atoms with Crippen molar-refractivity contribution in [1.29, 1.82) is 0 Å². The Morgan fingerprint density at radius 2 is 1.88 bits per heavy atom. The van der Waals surface area contributed by atoms with E-state index in [-0.39, 0.29) is 18.3 Å². The van der Waals surface area contributed by atoms with E-state index in [1.807, 2.05) is 0 Å². The first kappa shape index (κ1) is 9.77. The minimum absolute atomic E-state index is 0.0747. The van der Waals surface area contributed by atoms with Crippen LogP contribution in [0, 0.1) is 23.7 Å². The minimum atomic E-state index is -1.20. The highest BCUT2D eigenvalue weighted by atomic mass is 16.6. The van der Waals surface area contributed by atoms with Crippen molar-refractivity contribution in [3.05, 3.63) is 0 Å². The predicted molar refractivity (Wildman–Crippen MR) is 46.4 cm³/mol. The number of ether oxygens (including phenoxy) is 2. The van der Waals surface area contributed by atoms with Crippen LogP contribution in [0.3, 0.4) is 0 Å². The van der Waals surface area contributed by atoms with Crippen molar-refractivity contribution in [3.8, 4) is 0 Å². The van der Waals surface area contributed by atoms with Crippen LogP contribution < -0.4 is 0 Å². The fourth-order valence-electron chi connectivity index (χ4n) is 3.08. The molecule has 6 nitrogen and oxygen atoms in total. The molecule has 3 fully saturated rings. The third kappa shape index (κ3) is 1.13. The highest BCUT2D eigenvalue weighted by molar-refractivity contribution is 5.93. The van der Waals surface area contributed by atoms with Crippen LogP contribution in [0.5, 0.6) is 0 Å². The average molecular weight is 226 g/mol. The van der Waals surface area contributed by atoms with Crippen molar-refractivity contribution in [2.75, 3.05) is 0 Å². The molecule has 0 spiro atoms. The molecule has 0 aromatic carbocycles. The summed E-state index contributed by atoms with van der Waals surface area (Å²) in [6.45, 7) is 0. The van der Waals surface area contributed by atoms with Gasteiger partial charge in [0, 0.05) is 5.92 Å². The topological polar surface area (TPSA) is 89.9 Å². The van der Waals surface area contributed by atoms with Gasteiger partial charge in [-0.2, -0.15) is 0 Å². The van der Waals surface area contributed by atoms with Gasteiger partial charge in [0.1, 0.15) is 0 Å². The van der Waals surface area contributed by atoms with Gasteiger partial charge in [-0.25, -0.2) is 0 Å². The van der Waals surface area contributed by atoms with Crippen molar-refractivity contribution in [1.82, 2.24) is 0 Å². The SMILES string of the molecule is O=C1CC2C3CC(C(=O)OC3O)C2C(=O)O1. The Hall–Kier alpha value is -1.43. The number of hydrogen-bond donors (Lipinski definition) is 1. The molecule has 2 aliphatic heterocycles. The second-order valence-electron chi connectivity index (χ2n) is 4.52. The van der Waals surface area contributed by atoms with Crippen molar-refractivity contribution >= 4 is 17.9 Å². The average Bonchev–Trinajstić information content (AvgIpc) is 2.52. The Bertz CT molecular complexity index is 389. The maximum Gasteiger partial charge on any atom is 0.317 e. The Balaban J connectivity index is 1.98. The summed E-state index contributed by atoms with van der Waals surface area (Å²) in [7, 11) is 0. The Kier molecular flexibility index (Phi) is 1.85. The summed E-state index contributed by atoms with van der Waals surface area (Å²) in [5, 5.41) is 9.57. The highest BCUT2D eigenvalue weighted by Crippen LogP contribution is 2.51. The second-order valence-corrected chi connectivity index (χ2v) is 4.52. The number of rotatable bonds is 0. The van der Waals surface area contributed by atoms with Crippen molar-refractivity contribution in [2.45, 2.75) is 19.1 Å². The standard InChI is InChI=1S/C10H10O6/c11-6-2-3-4-1-5(7(3)10(14)15-6)9(13)16-8(4)12/h3-5,7-8,12H,1-2H2. The third-order valence-electron chi connectivity index (χ3n) is 3.77. The maximum absolute atomic E-state index is 11.5. The summed E-state index contributed by atoms with van der Waals surface area (Å²) < 4.78 is 9.27. The number of esters is 3. The molecule has 2 saturated heterocycles. The summed E-state index contributed by atoms with van der Waals surface area (Å²) in [6.07, 6.45) is -0.722. The van der Waals surface area contributed by atoms with Crippen LogP contribution in [0.1, 0.15) is 12.8 Å². The van der Waals surface area contributed by atoms with Crippen molar-refractivity contribution in [3.63, 3.8) is 0 Å². The van der Waals surface area contributed by atoms with Gasteiger partial charge in [0.25, 0.3) is 0 Å². The molecule has 0 aromatic rings. The first-order valence-corrected chi connectivity index (χ1v) is 5.21. The molecule has 5 unspecified atom stereocenters. The summed E-state index contributed by atoms with van der Waals surface area (Å²) >= 11 is 0. The van der Waals surface area contributed by atoms with Crippen LogP contribution in [0.25, 0.3) is 0 Å². The van der Waals surface area contributed by atoms with Crippen LogP contribution in [0.15, 0.2) is 0 Å². The van der Waals surface area contributed by atoms with Gasteiger partial charge in [-0.05, 0) is 12.3 Å². The predicted octanol–water partition coefficient (Wildman–Crippen LogP) is -0.796. The molecule has 6 heteroatoms. The van der Waals surface area contributed by atoms with Crippen LogP contribution in [-0.4, -0.2) is 29.3 Å². The van der Waals surface area contributed by atoms with E-state index in [0.29, 0.717) is 6.42 Å². The van der Waals surface area contributed by atoms with Gasteiger partial charge in [0.05, 0.1) is 18.3 Å². The lowest BCUT2D eigenvalue weighted by molar-refractivity contribution is -0.191. The summed E-state index contributed by atoms with van der Waals surface area (Å²) in [5.41, 5.74) is 0. The van der Waals surface area contributed by atoms with Gasteiger partial charge in [-0.3, -0.25) is 14.4 Å². The lowest BCUT2D eigenvalue weighted by Crippen LogP contribution is -2.37. The normalized spacial score (nSPS) is 46.1. The molecule has 0 aromatic heterocycles. The molecule has 2 heterocycles. The molecule has 1 N–H and O–H groups in total. The third-order valence-corrected chi connectivity index (χ3v) is 3.77. The number of aliphatic hydroxyl groups excluding tert-OH is 1. The van der Waals surface area contributed by atoms with Gasteiger partial charge < -0.3 is 14.6 Å². The molecule has 0 amide bonds. The van der Waals surface area contributed by atoms with Gasteiger partial charge in [0.2, 0.25) is 6.29 Å². The summed E-state index contributed by atoms with van der Waals surface area (Å²) in [4.78, 5) is 34.2. The molecule has 3 rings (SSSR count). The fourth-order valence-corrected chi connectivity index (χ4v) is 3.08. The quantitative estimate of drug-likeness (QED) is 0.429. The number of carbonyl (C=O) groups is 3. The molecule has 1 aliphatic carbocycles. The van der Waals surface area contributed by atoms with Gasteiger partial charge >= 0.3 is 17.9 Å². The molecular weight excluding hydrogens is 216 g/mol. The molecule has 5 atom stereocenters. The van der Waals surface area contributed by atoms with E-state index in [0.717, 1.165) is 0 Å². The first-order valence-electron chi connectivity index (χ1n) is 5.21. The van der Waals surface area contributed by atoms with E-state index in [1.54, 1.807) is 0 Å². The van der Waals surface area contributed by atoms with E-state index in [4.69, 9.17) is 4.74 Å². The van der Waals surface area contributed by atoms with Crippen LogP contribution in [0.4, 0.5) is 0 Å². The van der Waals surface area contributed by atoms with Gasteiger partial charge in [-0.1, -0.05) is 0 Å². The van der Waals surface area contributed by atoms with Gasteiger partial charge in [-0.15, -0.1) is 0 Å². The number of hydrogen-bond acceptors (Lipinski definition) is 6. The van der Waals surface area contributed by atoms with Crippen LogP contribution in [0.2, 0.25) is 0 Å². The Morgan fingerprint density at radius 3 is 2.62 bits per heavy atom. The molecule has 86 valence electrons. The monoisotopic (exact) mass is 226 g/mol. The zero-order valence-electron chi connectivity index (χ0n) is 8.29.